The van der Waals surface area contributed by atoms with Gasteiger partial charge in [-0.2, -0.15) is 0 Å². The summed E-state index contributed by atoms with van der Waals surface area (Å²) in [6.07, 6.45) is 0. The van der Waals surface area contributed by atoms with Crippen LogP contribution in [0.25, 0.3) is 0 Å². The molecule has 0 aliphatic rings. The lowest BCUT2D eigenvalue weighted by Crippen LogP contribution is -2.51. The molecule has 1 rings (SSSR count). The summed E-state index contributed by atoms with van der Waals surface area (Å²) in [5.74, 6) is 0.741. The summed E-state index contributed by atoms with van der Waals surface area (Å²) in [7, 11) is 0. The number of aliphatic hydroxyl groups is 1. The Morgan fingerprint density at radius 3 is 2.33 bits per heavy atom. The zero-order valence-electron chi connectivity index (χ0n) is 11.8. The van der Waals surface area contributed by atoms with Crippen molar-refractivity contribution in [3.8, 4) is 0 Å². The number of hydrogen-bond donors (Lipinski definition) is 2. The van der Waals surface area contributed by atoms with E-state index in [0.29, 0.717) is 6.04 Å². The van der Waals surface area contributed by atoms with E-state index in [-0.39, 0.29) is 12.1 Å². The first kappa shape index (κ1) is 15.4. The highest BCUT2D eigenvalue weighted by Crippen LogP contribution is 2.20. The lowest BCUT2D eigenvalue weighted by molar-refractivity contribution is 0.183. The molecule has 2 N–H and O–H groups in total. The van der Waals surface area contributed by atoms with Gasteiger partial charge >= 0.3 is 0 Å². The van der Waals surface area contributed by atoms with Crippen molar-refractivity contribution in [3.05, 3.63) is 17.5 Å². The molecule has 0 aliphatic heterocycles. The highest BCUT2D eigenvalue weighted by Gasteiger charge is 2.24. The average molecular weight is 269 g/mol. The topological polar surface area (TPSA) is 58.0 Å². The van der Waals surface area contributed by atoms with E-state index in [9.17, 15) is 5.11 Å². The maximum atomic E-state index is 9.50. The summed E-state index contributed by atoms with van der Waals surface area (Å²) in [5, 5.41) is 13.7. The number of nitrogens with zero attached hydrogens (tertiary/aromatic N) is 2. The van der Waals surface area contributed by atoms with Crippen LogP contribution in [0, 0.1) is 13.8 Å². The smallest absolute Gasteiger partial charge is 0.188 e. The second kappa shape index (κ2) is 6.50. The number of hydrogen-bond acceptors (Lipinski definition) is 5. The average Bonchev–Trinajstić information content (AvgIpc) is 2.24. The zero-order valence-corrected chi connectivity index (χ0v) is 12.6. The van der Waals surface area contributed by atoms with Crippen LogP contribution in [-0.4, -0.2) is 39.0 Å². The first-order chi connectivity index (χ1) is 8.34. The van der Waals surface area contributed by atoms with Crippen molar-refractivity contribution in [2.45, 2.75) is 51.4 Å². The predicted octanol–water partition coefficient (Wildman–Crippen LogP) is 1.93. The Balaban J connectivity index is 2.67. The molecule has 18 heavy (non-hydrogen) atoms. The zero-order chi connectivity index (χ0) is 13.8. The molecule has 0 aromatic carbocycles. The monoisotopic (exact) mass is 269 g/mol. The van der Waals surface area contributed by atoms with Crippen LogP contribution < -0.4 is 5.32 Å². The molecule has 5 heteroatoms. The van der Waals surface area contributed by atoms with Crippen LogP contribution in [0.3, 0.4) is 0 Å². The van der Waals surface area contributed by atoms with E-state index in [1.165, 1.54) is 0 Å². The second-order valence-corrected chi connectivity index (χ2v) is 6.18. The standard InChI is InChI=1S/C13H23N3OS/c1-9(2)16-13(5,7-17)8-18-12-14-10(3)6-11(4)15-12/h6,9,16-17H,7-8H2,1-5H3. The van der Waals surface area contributed by atoms with Gasteiger partial charge in [0.25, 0.3) is 0 Å². The van der Waals surface area contributed by atoms with Gasteiger partial charge in [-0.1, -0.05) is 25.6 Å². The Hall–Kier alpha value is -0.650. The molecule has 1 heterocycles. The van der Waals surface area contributed by atoms with Crippen LogP contribution in [0.2, 0.25) is 0 Å². The summed E-state index contributed by atoms with van der Waals surface area (Å²) >= 11 is 1.58. The number of nitrogens with one attached hydrogen (secondary N) is 1. The molecule has 1 aromatic heterocycles. The van der Waals surface area contributed by atoms with Gasteiger partial charge in [-0.3, -0.25) is 0 Å². The van der Waals surface area contributed by atoms with Gasteiger partial charge in [0.2, 0.25) is 0 Å². The molecule has 0 aliphatic carbocycles. The molecule has 1 unspecified atom stereocenters. The second-order valence-electron chi connectivity index (χ2n) is 5.24. The maximum absolute atomic E-state index is 9.50. The Morgan fingerprint density at radius 1 is 1.33 bits per heavy atom. The fraction of sp³-hybridized carbons (Fsp3) is 0.692. The van der Waals surface area contributed by atoms with Gasteiger partial charge in [0, 0.05) is 28.7 Å². The van der Waals surface area contributed by atoms with Crippen LogP contribution in [0.4, 0.5) is 0 Å². The summed E-state index contributed by atoms with van der Waals surface area (Å²) in [4.78, 5) is 8.79. The molecular formula is C13H23N3OS. The van der Waals surface area contributed by atoms with Crippen molar-refractivity contribution in [2.24, 2.45) is 0 Å². The Kier molecular flexibility index (Phi) is 5.56. The molecule has 0 spiro atoms. The molecule has 0 saturated heterocycles. The Labute approximate surface area is 114 Å². The molecule has 1 atom stereocenters. The third kappa shape index (κ3) is 4.92. The molecule has 1 aromatic rings. The van der Waals surface area contributed by atoms with Crippen LogP contribution in [-0.2, 0) is 0 Å². The van der Waals surface area contributed by atoms with Crippen molar-refractivity contribution >= 4 is 11.8 Å². The molecule has 0 bridgehead atoms. The predicted molar refractivity (Wildman–Crippen MR) is 76.0 cm³/mol. The first-order valence-corrected chi connectivity index (χ1v) is 7.17. The molecule has 102 valence electrons. The van der Waals surface area contributed by atoms with E-state index in [2.05, 4.69) is 29.1 Å². The van der Waals surface area contributed by atoms with Gasteiger partial charge in [-0.15, -0.1) is 0 Å². The quantitative estimate of drug-likeness (QED) is 0.610. The molecule has 0 amide bonds. The van der Waals surface area contributed by atoms with Crippen molar-refractivity contribution in [2.75, 3.05) is 12.4 Å². The minimum atomic E-state index is -0.306. The summed E-state index contributed by atoms with van der Waals surface area (Å²) < 4.78 is 0. The van der Waals surface area contributed by atoms with Gasteiger partial charge in [0.1, 0.15) is 0 Å². The third-order valence-electron chi connectivity index (χ3n) is 2.47. The number of rotatable bonds is 6. The molecule has 0 radical (unpaired) electrons. The van der Waals surface area contributed by atoms with E-state index in [1.54, 1.807) is 11.8 Å². The number of aryl methyl sites for hydroxylation is 2. The van der Waals surface area contributed by atoms with E-state index >= 15 is 0 Å². The van der Waals surface area contributed by atoms with Gasteiger partial charge in [-0.05, 0) is 26.8 Å². The normalized spacial score (nSPS) is 14.8. The van der Waals surface area contributed by atoms with Crippen molar-refractivity contribution < 1.29 is 5.11 Å². The summed E-state index contributed by atoms with van der Waals surface area (Å²) in [6.45, 7) is 10.2. The minimum Gasteiger partial charge on any atom is -0.394 e. The molecule has 0 saturated carbocycles. The number of aliphatic hydroxyl groups excluding tert-OH is 1. The van der Waals surface area contributed by atoms with E-state index in [1.807, 2.05) is 26.8 Å². The Morgan fingerprint density at radius 2 is 1.89 bits per heavy atom. The minimum absolute atomic E-state index is 0.100. The highest BCUT2D eigenvalue weighted by atomic mass is 32.2. The van der Waals surface area contributed by atoms with Crippen molar-refractivity contribution in [1.29, 1.82) is 0 Å². The van der Waals surface area contributed by atoms with Crippen molar-refractivity contribution in [3.63, 3.8) is 0 Å². The summed E-state index contributed by atoms with van der Waals surface area (Å²) in [5.41, 5.74) is 1.65. The van der Waals surface area contributed by atoms with E-state index in [0.717, 1.165) is 22.3 Å². The fourth-order valence-electron chi connectivity index (χ4n) is 1.81. The van der Waals surface area contributed by atoms with E-state index in [4.69, 9.17) is 0 Å². The summed E-state index contributed by atoms with van der Waals surface area (Å²) in [6, 6.07) is 2.30. The van der Waals surface area contributed by atoms with Gasteiger partial charge in [0.15, 0.2) is 5.16 Å². The fourth-order valence-corrected chi connectivity index (χ4v) is 2.85. The lowest BCUT2D eigenvalue weighted by atomic mass is 10.1. The first-order valence-electron chi connectivity index (χ1n) is 6.18. The van der Waals surface area contributed by atoms with Crippen LogP contribution >= 0.6 is 11.8 Å². The molecule has 0 fully saturated rings. The maximum Gasteiger partial charge on any atom is 0.188 e. The van der Waals surface area contributed by atoms with Gasteiger partial charge < -0.3 is 10.4 Å². The van der Waals surface area contributed by atoms with Gasteiger partial charge in [-0.25, -0.2) is 9.97 Å². The van der Waals surface area contributed by atoms with Gasteiger partial charge in [0.05, 0.1) is 6.61 Å². The lowest BCUT2D eigenvalue weighted by Gasteiger charge is -2.30. The Bertz CT molecular complexity index is 378. The number of aromatic nitrogens is 2. The van der Waals surface area contributed by atoms with Crippen LogP contribution in [0.15, 0.2) is 11.2 Å². The number of thioether (sulfide) groups is 1. The highest BCUT2D eigenvalue weighted by molar-refractivity contribution is 7.99. The SMILES string of the molecule is Cc1cc(C)nc(SCC(C)(CO)NC(C)C)n1. The largest absolute Gasteiger partial charge is 0.394 e. The van der Waals surface area contributed by atoms with Crippen LogP contribution in [0.5, 0.6) is 0 Å². The third-order valence-corrected chi connectivity index (χ3v) is 3.69. The van der Waals surface area contributed by atoms with Crippen molar-refractivity contribution in [1.82, 2.24) is 15.3 Å². The van der Waals surface area contributed by atoms with Crippen LogP contribution in [0.1, 0.15) is 32.2 Å². The molecular weight excluding hydrogens is 246 g/mol. The van der Waals surface area contributed by atoms with E-state index < -0.39 is 0 Å². The molecule has 4 nitrogen and oxygen atoms in total.